The van der Waals surface area contributed by atoms with Gasteiger partial charge in [-0.05, 0) is 35.4 Å². The Kier molecular flexibility index (Phi) is 4.17. The van der Waals surface area contributed by atoms with Crippen LogP contribution in [0.2, 0.25) is 0 Å². The molecule has 0 bridgehead atoms. The van der Waals surface area contributed by atoms with Crippen molar-refractivity contribution in [2.75, 3.05) is 0 Å². The second-order valence-corrected chi connectivity index (χ2v) is 5.08. The lowest BCUT2D eigenvalue weighted by atomic mass is 10.0. The van der Waals surface area contributed by atoms with E-state index in [0.717, 1.165) is 0 Å². The number of rotatable bonds is 5. The first-order valence-corrected chi connectivity index (χ1v) is 6.91. The standard InChI is InChI=1S/C15H18S/c1-2-3-4-6-13-8-10-14(11-9-13)15-7-5-12-16-15/h5,7-12H,2-4,6H2,1H3. The van der Waals surface area contributed by atoms with Crippen molar-refractivity contribution in [3.05, 3.63) is 47.3 Å². The third-order valence-electron chi connectivity index (χ3n) is 2.83. The van der Waals surface area contributed by atoms with Crippen molar-refractivity contribution >= 4 is 11.3 Å². The van der Waals surface area contributed by atoms with Crippen LogP contribution in [0, 0.1) is 0 Å². The van der Waals surface area contributed by atoms with Crippen molar-refractivity contribution in [2.45, 2.75) is 32.6 Å². The highest BCUT2D eigenvalue weighted by Crippen LogP contribution is 2.24. The number of unbranched alkanes of at least 4 members (excludes halogenated alkanes) is 2. The Bertz CT molecular complexity index is 398. The van der Waals surface area contributed by atoms with Gasteiger partial charge in [-0.3, -0.25) is 0 Å². The van der Waals surface area contributed by atoms with E-state index in [1.165, 1.54) is 41.7 Å². The van der Waals surface area contributed by atoms with Gasteiger partial charge in [-0.2, -0.15) is 0 Å². The summed E-state index contributed by atoms with van der Waals surface area (Å²) in [5.41, 5.74) is 2.81. The molecule has 0 aliphatic carbocycles. The van der Waals surface area contributed by atoms with Crippen molar-refractivity contribution in [3.8, 4) is 10.4 Å². The Morgan fingerprint density at radius 3 is 2.44 bits per heavy atom. The smallest absolute Gasteiger partial charge is 0.0342 e. The van der Waals surface area contributed by atoms with Gasteiger partial charge >= 0.3 is 0 Å². The largest absolute Gasteiger partial charge is 0.144 e. The third-order valence-corrected chi connectivity index (χ3v) is 3.75. The molecule has 1 aromatic heterocycles. The van der Waals surface area contributed by atoms with Crippen molar-refractivity contribution < 1.29 is 0 Å². The average Bonchev–Trinajstić information content (AvgIpc) is 2.84. The van der Waals surface area contributed by atoms with Crippen molar-refractivity contribution in [3.63, 3.8) is 0 Å². The van der Waals surface area contributed by atoms with Gasteiger partial charge < -0.3 is 0 Å². The second kappa shape index (κ2) is 5.86. The Hall–Kier alpha value is -1.08. The first-order valence-electron chi connectivity index (χ1n) is 6.03. The number of benzene rings is 1. The van der Waals surface area contributed by atoms with Gasteiger partial charge in [0.15, 0.2) is 0 Å². The first kappa shape index (κ1) is 11.4. The number of aryl methyl sites for hydroxylation is 1. The van der Waals surface area contributed by atoms with E-state index in [2.05, 4.69) is 48.7 Å². The van der Waals surface area contributed by atoms with E-state index in [-0.39, 0.29) is 0 Å². The summed E-state index contributed by atoms with van der Waals surface area (Å²) in [7, 11) is 0. The fraction of sp³-hybridized carbons (Fsp3) is 0.333. The van der Waals surface area contributed by atoms with Crippen molar-refractivity contribution in [2.24, 2.45) is 0 Å². The minimum absolute atomic E-state index is 1.22. The van der Waals surface area contributed by atoms with Crippen LogP contribution in [0.3, 0.4) is 0 Å². The zero-order chi connectivity index (χ0) is 11.2. The average molecular weight is 230 g/mol. The van der Waals surface area contributed by atoms with Crippen LogP contribution in [0.4, 0.5) is 0 Å². The molecule has 1 heterocycles. The quantitative estimate of drug-likeness (QED) is 0.623. The maximum atomic E-state index is 2.27. The summed E-state index contributed by atoms with van der Waals surface area (Å²) in [6, 6.07) is 13.3. The summed E-state index contributed by atoms with van der Waals surface area (Å²) >= 11 is 1.80. The highest BCUT2D eigenvalue weighted by atomic mass is 32.1. The van der Waals surface area contributed by atoms with E-state index >= 15 is 0 Å². The van der Waals surface area contributed by atoms with E-state index in [0.29, 0.717) is 0 Å². The summed E-state index contributed by atoms with van der Waals surface area (Å²) in [6.07, 6.45) is 5.17. The van der Waals surface area contributed by atoms with E-state index in [4.69, 9.17) is 0 Å². The minimum atomic E-state index is 1.22. The molecule has 0 atom stereocenters. The molecule has 0 spiro atoms. The molecule has 2 aromatic rings. The summed E-state index contributed by atoms with van der Waals surface area (Å²) in [6.45, 7) is 2.25. The van der Waals surface area contributed by atoms with E-state index in [1.54, 1.807) is 11.3 Å². The molecule has 0 saturated heterocycles. The summed E-state index contributed by atoms with van der Waals surface area (Å²) < 4.78 is 0. The molecule has 0 amide bonds. The number of hydrogen-bond donors (Lipinski definition) is 0. The van der Waals surface area contributed by atoms with Gasteiger partial charge in [-0.1, -0.05) is 50.1 Å². The number of thiophene rings is 1. The van der Waals surface area contributed by atoms with E-state index in [1.807, 2.05) is 0 Å². The molecule has 2 rings (SSSR count). The summed E-state index contributed by atoms with van der Waals surface area (Å²) in [5, 5.41) is 2.13. The maximum absolute atomic E-state index is 2.27. The third kappa shape index (κ3) is 2.96. The fourth-order valence-electron chi connectivity index (χ4n) is 1.86. The van der Waals surface area contributed by atoms with Gasteiger partial charge in [0.2, 0.25) is 0 Å². The molecule has 0 saturated carbocycles. The molecule has 84 valence electrons. The molecule has 0 N–H and O–H groups in total. The summed E-state index contributed by atoms with van der Waals surface area (Å²) in [4.78, 5) is 1.36. The minimum Gasteiger partial charge on any atom is -0.144 e. The van der Waals surface area contributed by atoms with Crippen molar-refractivity contribution in [1.29, 1.82) is 0 Å². The molecule has 0 nitrogen and oxygen atoms in total. The summed E-state index contributed by atoms with van der Waals surface area (Å²) in [5.74, 6) is 0. The molecule has 0 aliphatic rings. The zero-order valence-corrected chi connectivity index (χ0v) is 10.6. The highest BCUT2D eigenvalue weighted by molar-refractivity contribution is 7.13. The monoisotopic (exact) mass is 230 g/mol. The van der Waals surface area contributed by atoms with Crippen LogP contribution < -0.4 is 0 Å². The van der Waals surface area contributed by atoms with Gasteiger partial charge in [0.05, 0.1) is 0 Å². The maximum Gasteiger partial charge on any atom is 0.0342 e. The lowest BCUT2D eigenvalue weighted by molar-refractivity contribution is 0.717. The Morgan fingerprint density at radius 1 is 1.00 bits per heavy atom. The molecule has 16 heavy (non-hydrogen) atoms. The van der Waals surface area contributed by atoms with Crippen molar-refractivity contribution in [1.82, 2.24) is 0 Å². The lowest BCUT2D eigenvalue weighted by Crippen LogP contribution is -1.85. The van der Waals surface area contributed by atoms with E-state index < -0.39 is 0 Å². The van der Waals surface area contributed by atoms with Crippen LogP contribution in [-0.4, -0.2) is 0 Å². The molecule has 0 aliphatic heterocycles. The lowest BCUT2D eigenvalue weighted by Gasteiger charge is -2.02. The SMILES string of the molecule is CCCCCc1ccc(-c2cccs2)cc1. The Morgan fingerprint density at radius 2 is 1.81 bits per heavy atom. The van der Waals surface area contributed by atoms with Gasteiger partial charge in [-0.25, -0.2) is 0 Å². The molecular formula is C15H18S. The number of hydrogen-bond acceptors (Lipinski definition) is 1. The zero-order valence-electron chi connectivity index (χ0n) is 9.78. The molecule has 1 heteroatoms. The van der Waals surface area contributed by atoms with Gasteiger partial charge in [0, 0.05) is 4.88 Å². The first-order chi connectivity index (χ1) is 7.90. The van der Waals surface area contributed by atoms with E-state index in [9.17, 15) is 0 Å². The molecule has 0 radical (unpaired) electrons. The van der Waals surface area contributed by atoms with Crippen LogP contribution in [0.15, 0.2) is 41.8 Å². The van der Waals surface area contributed by atoms with Gasteiger partial charge in [0.25, 0.3) is 0 Å². The van der Waals surface area contributed by atoms with Crippen LogP contribution in [0.25, 0.3) is 10.4 Å². The molecular weight excluding hydrogens is 212 g/mol. The normalized spacial score (nSPS) is 10.6. The molecule has 1 aromatic carbocycles. The highest BCUT2D eigenvalue weighted by Gasteiger charge is 1.98. The Balaban J connectivity index is 2.00. The molecule has 0 fully saturated rings. The van der Waals surface area contributed by atoms with Crippen LogP contribution in [0.5, 0.6) is 0 Å². The predicted octanol–water partition coefficient (Wildman–Crippen LogP) is 5.15. The van der Waals surface area contributed by atoms with Gasteiger partial charge in [0.1, 0.15) is 0 Å². The topological polar surface area (TPSA) is 0 Å². The second-order valence-electron chi connectivity index (χ2n) is 4.13. The fourth-order valence-corrected chi connectivity index (χ4v) is 2.59. The Labute approximate surface area is 102 Å². The van der Waals surface area contributed by atoms with Crippen LogP contribution >= 0.6 is 11.3 Å². The van der Waals surface area contributed by atoms with Gasteiger partial charge in [-0.15, -0.1) is 11.3 Å². The van der Waals surface area contributed by atoms with Crippen LogP contribution in [-0.2, 0) is 6.42 Å². The van der Waals surface area contributed by atoms with Crippen LogP contribution in [0.1, 0.15) is 31.7 Å². The molecule has 0 unspecified atom stereocenters. The predicted molar refractivity (Wildman–Crippen MR) is 73.0 cm³/mol.